The molecule has 1 heterocycles. The molecule has 0 bridgehead atoms. The molecule has 1 aliphatic rings. The highest BCUT2D eigenvalue weighted by atomic mass is 19.1. The van der Waals surface area contributed by atoms with Crippen LogP contribution in [-0.4, -0.2) is 65.7 Å². The standard InChI is InChI=1S/C20H21FN4O3/c21-17-6-7-18(26)16(12-17)13-22-23-19(27)14-24-8-10-25(11-9-24)20(28)15-4-2-1-3-5-15/h1-7,12-13,26H,8-11,14H2,(H,23,27)/b22-13+. The highest BCUT2D eigenvalue weighted by Gasteiger charge is 2.23. The van der Waals surface area contributed by atoms with Crippen molar-refractivity contribution in [1.29, 1.82) is 0 Å². The minimum absolute atomic E-state index is 0.01000. The lowest BCUT2D eigenvalue weighted by atomic mass is 10.2. The predicted molar refractivity (Wildman–Crippen MR) is 103 cm³/mol. The third-order valence-corrected chi connectivity index (χ3v) is 4.43. The molecule has 3 rings (SSSR count). The third kappa shape index (κ3) is 5.14. The molecule has 8 heteroatoms. The van der Waals surface area contributed by atoms with E-state index in [2.05, 4.69) is 10.5 Å². The van der Waals surface area contributed by atoms with E-state index in [1.807, 2.05) is 23.1 Å². The summed E-state index contributed by atoms with van der Waals surface area (Å²) in [5.41, 5.74) is 3.19. The van der Waals surface area contributed by atoms with Crippen molar-refractivity contribution in [1.82, 2.24) is 15.2 Å². The van der Waals surface area contributed by atoms with Gasteiger partial charge in [0.1, 0.15) is 11.6 Å². The average Bonchev–Trinajstić information content (AvgIpc) is 2.71. The number of hydrogen-bond donors (Lipinski definition) is 2. The van der Waals surface area contributed by atoms with Gasteiger partial charge in [-0.05, 0) is 30.3 Å². The summed E-state index contributed by atoms with van der Waals surface area (Å²) in [5.74, 6) is -0.966. The van der Waals surface area contributed by atoms with Crippen molar-refractivity contribution >= 4 is 18.0 Å². The molecule has 0 aromatic heterocycles. The van der Waals surface area contributed by atoms with E-state index in [4.69, 9.17) is 0 Å². The van der Waals surface area contributed by atoms with E-state index in [1.165, 1.54) is 12.3 Å². The number of halogens is 1. The van der Waals surface area contributed by atoms with Crippen molar-refractivity contribution in [2.75, 3.05) is 32.7 Å². The summed E-state index contributed by atoms with van der Waals surface area (Å²) in [4.78, 5) is 28.1. The van der Waals surface area contributed by atoms with Gasteiger partial charge in [-0.25, -0.2) is 9.82 Å². The molecule has 28 heavy (non-hydrogen) atoms. The van der Waals surface area contributed by atoms with Crippen LogP contribution in [0.3, 0.4) is 0 Å². The maximum absolute atomic E-state index is 13.1. The van der Waals surface area contributed by atoms with Crippen LogP contribution in [-0.2, 0) is 4.79 Å². The number of hydrazone groups is 1. The second kappa shape index (κ2) is 9.09. The highest BCUT2D eigenvalue weighted by Crippen LogP contribution is 2.15. The first-order chi connectivity index (χ1) is 13.5. The number of amides is 2. The fraction of sp³-hybridized carbons (Fsp3) is 0.250. The normalized spacial score (nSPS) is 15.0. The summed E-state index contributed by atoms with van der Waals surface area (Å²) >= 11 is 0. The van der Waals surface area contributed by atoms with Crippen LogP contribution in [0.25, 0.3) is 0 Å². The number of aromatic hydroxyl groups is 1. The van der Waals surface area contributed by atoms with Crippen molar-refractivity contribution in [3.05, 3.63) is 65.5 Å². The van der Waals surface area contributed by atoms with Gasteiger partial charge >= 0.3 is 0 Å². The molecule has 0 spiro atoms. The van der Waals surface area contributed by atoms with E-state index in [9.17, 15) is 19.1 Å². The first kappa shape index (κ1) is 19.5. The minimum atomic E-state index is -0.506. The number of hydrogen-bond acceptors (Lipinski definition) is 5. The van der Waals surface area contributed by atoms with Crippen LogP contribution >= 0.6 is 0 Å². The second-order valence-electron chi connectivity index (χ2n) is 6.43. The first-order valence-corrected chi connectivity index (χ1v) is 8.90. The van der Waals surface area contributed by atoms with Gasteiger partial charge < -0.3 is 10.0 Å². The Balaban J connectivity index is 1.44. The zero-order valence-corrected chi connectivity index (χ0v) is 15.2. The molecular weight excluding hydrogens is 363 g/mol. The number of rotatable bonds is 5. The smallest absolute Gasteiger partial charge is 0.254 e. The lowest BCUT2D eigenvalue weighted by molar-refractivity contribution is -0.122. The number of phenols is 1. The van der Waals surface area contributed by atoms with Crippen LogP contribution in [0.1, 0.15) is 15.9 Å². The fourth-order valence-corrected chi connectivity index (χ4v) is 2.91. The zero-order valence-electron chi connectivity index (χ0n) is 15.2. The van der Waals surface area contributed by atoms with E-state index >= 15 is 0 Å². The number of benzene rings is 2. The van der Waals surface area contributed by atoms with Crippen LogP contribution in [0.5, 0.6) is 5.75 Å². The Morgan fingerprint density at radius 3 is 2.54 bits per heavy atom. The van der Waals surface area contributed by atoms with Crippen molar-refractivity contribution < 1.29 is 19.1 Å². The Morgan fingerprint density at radius 1 is 1.11 bits per heavy atom. The average molecular weight is 384 g/mol. The Kier molecular flexibility index (Phi) is 6.33. The number of nitrogens with one attached hydrogen (secondary N) is 1. The quantitative estimate of drug-likeness (QED) is 0.603. The third-order valence-electron chi connectivity index (χ3n) is 4.43. The van der Waals surface area contributed by atoms with Crippen molar-refractivity contribution in [3.63, 3.8) is 0 Å². The van der Waals surface area contributed by atoms with E-state index in [0.29, 0.717) is 31.7 Å². The lowest BCUT2D eigenvalue weighted by Gasteiger charge is -2.34. The molecule has 0 aliphatic carbocycles. The van der Waals surface area contributed by atoms with E-state index in [0.717, 1.165) is 12.1 Å². The summed E-state index contributed by atoms with van der Waals surface area (Å²) in [6.07, 6.45) is 1.19. The Morgan fingerprint density at radius 2 is 1.82 bits per heavy atom. The van der Waals surface area contributed by atoms with Gasteiger partial charge in [0.05, 0.1) is 12.8 Å². The van der Waals surface area contributed by atoms with Crippen LogP contribution in [0.2, 0.25) is 0 Å². The van der Waals surface area contributed by atoms with E-state index in [1.54, 1.807) is 17.0 Å². The summed E-state index contributed by atoms with van der Waals surface area (Å²) in [5, 5.41) is 13.4. The fourth-order valence-electron chi connectivity index (χ4n) is 2.91. The number of carbonyl (C=O) groups excluding carboxylic acids is 2. The first-order valence-electron chi connectivity index (χ1n) is 8.90. The van der Waals surface area contributed by atoms with Crippen LogP contribution in [0.15, 0.2) is 53.6 Å². The molecule has 1 aliphatic heterocycles. The van der Waals surface area contributed by atoms with Gasteiger partial charge in [0.25, 0.3) is 11.8 Å². The Hall–Kier alpha value is -3.26. The minimum Gasteiger partial charge on any atom is -0.507 e. The van der Waals surface area contributed by atoms with E-state index in [-0.39, 0.29) is 29.7 Å². The topological polar surface area (TPSA) is 85.2 Å². The lowest BCUT2D eigenvalue weighted by Crippen LogP contribution is -2.50. The van der Waals surface area contributed by atoms with Crippen molar-refractivity contribution in [2.45, 2.75) is 0 Å². The monoisotopic (exact) mass is 384 g/mol. The molecule has 2 amide bonds. The molecule has 1 fully saturated rings. The predicted octanol–water partition coefficient (Wildman–Crippen LogP) is 1.44. The molecule has 146 valence electrons. The molecule has 2 aromatic rings. The van der Waals surface area contributed by atoms with Crippen LogP contribution in [0.4, 0.5) is 4.39 Å². The van der Waals surface area contributed by atoms with Gasteiger partial charge in [0.2, 0.25) is 0 Å². The molecule has 0 radical (unpaired) electrons. The molecule has 2 aromatic carbocycles. The molecular formula is C20H21FN4O3. The second-order valence-corrected chi connectivity index (χ2v) is 6.43. The molecule has 1 saturated heterocycles. The molecule has 0 unspecified atom stereocenters. The molecule has 0 saturated carbocycles. The SMILES string of the molecule is O=C(CN1CCN(C(=O)c2ccccc2)CC1)N/N=C/c1cc(F)ccc1O. The maximum Gasteiger partial charge on any atom is 0.254 e. The summed E-state index contributed by atoms with van der Waals surface area (Å²) in [6.45, 7) is 2.39. The van der Waals surface area contributed by atoms with Gasteiger partial charge in [-0.2, -0.15) is 5.10 Å². The molecule has 2 N–H and O–H groups in total. The van der Waals surface area contributed by atoms with Gasteiger partial charge in [0, 0.05) is 37.3 Å². The molecule has 0 atom stereocenters. The van der Waals surface area contributed by atoms with E-state index < -0.39 is 5.82 Å². The zero-order chi connectivity index (χ0) is 19.9. The number of piperazine rings is 1. The van der Waals surface area contributed by atoms with Gasteiger partial charge in [-0.3, -0.25) is 14.5 Å². The Bertz CT molecular complexity index is 865. The summed E-state index contributed by atoms with van der Waals surface area (Å²) < 4.78 is 13.1. The summed E-state index contributed by atoms with van der Waals surface area (Å²) in [7, 11) is 0. The van der Waals surface area contributed by atoms with Gasteiger partial charge in [0.15, 0.2) is 0 Å². The Labute approximate surface area is 162 Å². The molecule has 7 nitrogen and oxygen atoms in total. The van der Waals surface area contributed by atoms with Crippen molar-refractivity contribution in [3.8, 4) is 5.75 Å². The number of nitrogens with zero attached hydrogens (tertiary/aromatic N) is 3. The summed E-state index contributed by atoms with van der Waals surface area (Å²) in [6, 6.07) is 12.6. The van der Waals surface area contributed by atoms with Crippen molar-refractivity contribution in [2.24, 2.45) is 5.10 Å². The highest BCUT2D eigenvalue weighted by molar-refractivity contribution is 5.94. The largest absolute Gasteiger partial charge is 0.507 e. The maximum atomic E-state index is 13.1. The van der Waals surface area contributed by atoms with Crippen LogP contribution in [0, 0.1) is 5.82 Å². The number of phenolic OH excluding ortho intramolecular Hbond substituents is 1. The van der Waals surface area contributed by atoms with Crippen LogP contribution < -0.4 is 5.43 Å². The van der Waals surface area contributed by atoms with Gasteiger partial charge in [-0.15, -0.1) is 0 Å². The van der Waals surface area contributed by atoms with Gasteiger partial charge in [-0.1, -0.05) is 18.2 Å². The number of carbonyl (C=O) groups is 2.